The Balaban J connectivity index is 2.52. The van der Waals surface area contributed by atoms with E-state index < -0.39 is 75.7 Å². The summed E-state index contributed by atoms with van der Waals surface area (Å²) in [5.41, 5.74) is 0. The Morgan fingerprint density at radius 1 is 0.508 bits per heavy atom. The summed E-state index contributed by atoms with van der Waals surface area (Å²) in [6, 6.07) is 0. The van der Waals surface area contributed by atoms with Crippen LogP contribution in [0.25, 0.3) is 0 Å². The molecule has 0 bridgehead atoms. The third kappa shape index (κ3) is 29.5. The van der Waals surface area contributed by atoms with E-state index in [1.165, 1.54) is 57.8 Å². The van der Waals surface area contributed by atoms with Crippen molar-refractivity contribution in [3.63, 3.8) is 0 Å². The van der Waals surface area contributed by atoms with Crippen LogP contribution >= 0.6 is 7.82 Å². The average Bonchev–Trinajstić information content (AvgIpc) is 3.24. The highest BCUT2D eigenvalue weighted by Crippen LogP contribution is 2.47. The number of phosphoric acid groups is 1. The van der Waals surface area contributed by atoms with Gasteiger partial charge in [0.25, 0.3) is 0 Å². The normalized spacial score (nSPS) is 22.6. The number of hydrogen-bond donors (Lipinski definition) is 6. The van der Waals surface area contributed by atoms with Crippen LogP contribution in [0.1, 0.15) is 168 Å². The number of aliphatic hydroxyl groups is 5. The van der Waals surface area contributed by atoms with Crippen LogP contribution in [0, 0.1) is 0 Å². The second-order valence-corrected chi connectivity index (χ2v) is 17.3. The second kappa shape index (κ2) is 37.0. The smallest absolute Gasteiger partial charge is 0.462 e. The molecule has 0 spiro atoms. The van der Waals surface area contributed by atoms with Gasteiger partial charge in [-0.1, -0.05) is 139 Å². The summed E-state index contributed by atoms with van der Waals surface area (Å²) < 4.78 is 33.4. The molecular formula is C47H81O13P. The van der Waals surface area contributed by atoms with Crippen LogP contribution in [-0.2, 0) is 32.7 Å². The lowest BCUT2D eigenvalue weighted by atomic mass is 9.85. The van der Waals surface area contributed by atoms with Crippen LogP contribution in [0.2, 0.25) is 0 Å². The minimum Gasteiger partial charge on any atom is -0.462 e. The highest BCUT2D eigenvalue weighted by atomic mass is 31.2. The molecule has 352 valence electrons. The summed E-state index contributed by atoms with van der Waals surface area (Å²) in [5, 5.41) is 50.1. The summed E-state index contributed by atoms with van der Waals surface area (Å²) >= 11 is 0. The molecule has 0 aliphatic heterocycles. The first kappa shape index (κ1) is 56.6. The largest absolute Gasteiger partial charge is 0.472 e. The van der Waals surface area contributed by atoms with Crippen LogP contribution in [0.4, 0.5) is 0 Å². The minimum absolute atomic E-state index is 0.0677. The highest BCUT2D eigenvalue weighted by Gasteiger charge is 2.51. The summed E-state index contributed by atoms with van der Waals surface area (Å²) in [6.45, 7) is 3.20. The maximum absolute atomic E-state index is 12.8. The standard InChI is InChI=1S/C47H81O13P/c1-3-5-7-9-11-13-15-17-19-20-22-23-25-27-29-31-33-35-40(48)57-37-39(38-58-61(55,56)60-47-45(53)43(51)42(50)44(52)46(47)54)59-41(49)36-34-32-30-28-26-24-21-18-16-14-12-10-8-6-4-2/h12,14,17-19,21-23,27,29,39,42-47,50-54H,3-11,13,15-16,20,24-26,28,30-38H2,1-2H3,(H,55,56)/t39-,42?,43-,44?,45?,46?,47?/m1/s1. The number of rotatable bonds is 37. The van der Waals surface area contributed by atoms with E-state index in [9.17, 15) is 44.6 Å². The van der Waals surface area contributed by atoms with E-state index in [-0.39, 0.29) is 12.8 Å². The lowest BCUT2D eigenvalue weighted by molar-refractivity contribution is -0.220. The number of allylic oxidation sites excluding steroid dienone is 10. The van der Waals surface area contributed by atoms with Crippen molar-refractivity contribution in [3.8, 4) is 0 Å². The summed E-state index contributed by atoms with van der Waals surface area (Å²) in [6.07, 6.45) is 31.4. The third-order valence-corrected chi connectivity index (χ3v) is 11.3. The molecule has 0 aromatic rings. The Bertz CT molecular complexity index is 1300. The Kier molecular flexibility index (Phi) is 34.3. The van der Waals surface area contributed by atoms with Gasteiger partial charge >= 0.3 is 19.8 Å². The molecule has 6 N–H and O–H groups in total. The molecule has 1 aliphatic carbocycles. The fraction of sp³-hybridized carbons (Fsp3) is 0.745. The van der Waals surface area contributed by atoms with Crippen molar-refractivity contribution in [2.45, 2.75) is 211 Å². The Labute approximate surface area is 366 Å². The average molecular weight is 885 g/mol. The van der Waals surface area contributed by atoms with Gasteiger partial charge in [-0.2, -0.15) is 0 Å². The van der Waals surface area contributed by atoms with Crippen molar-refractivity contribution in [3.05, 3.63) is 60.8 Å². The van der Waals surface area contributed by atoms with Crippen LogP contribution in [0.3, 0.4) is 0 Å². The predicted octanol–water partition coefficient (Wildman–Crippen LogP) is 8.94. The van der Waals surface area contributed by atoms with E-state index >= 15 is 0 Å². The molecule has 61 heavy (non-hydrogen) atoms. The summed E-state index contributed by atoms with van der Waals surface area (Å²) in [5.74, 6) is -1.18. The SMILES string of the molecule is CCCCCC=CCC=CCCCCCCCC(=O)O[C@H](COC(=O)CCCC=CCC=CCC=CCCCCCCCC)COP(=O)(O)OC1C(O)C(O)C(O)[C@@H](O)C1O. The van der Waals surface area contributed by atoms with Gasteiger partial charge in [0.15, 0.2) is 6.10 Å². The molecule has 13 nitrogen and oxygen atoms in total. The maximum atomic E-state index is 12.8. The summed E-state index contributed by atoms with van der Waals surface area (Å²) in [7, 11) is -5.13. The third-order valence-electron chi connectivity index (χ3n) is 10.3. The quantitative estimate of drug-likeness (QED) is 0.0149. The molecular weight excluding hydrogens is 803 g/mol. The Morgan fingerprint density at radius 2 is 0.902 bits per heavy atom. The lowest BCUT2D eigenvalue weighted by Crippen LogP contribution is -2.64. The zero-order chi connectivity index (χ0) is 45.0. The molecule has 0 radical (unpaired) electrons. The molecule has 1 saturated carbocycles. The van der Waals surface area contributed by atoms with E-state index in [4.69, 9.17) is 18.5 Å². The van der Waals surface area contributed by atoms with E-state index in [0.717, 1.165) is 64.2 Å². The molecule has 0 aromatic heterocycles. The van der Waals surface area contributed by atoms with Gasteiger partial charge in [0.1, 0.15) is 43.2 Å². The van der Waals surface area contributed by atoms with E-state index in [0.29, 0.717) is 19.3 Å². The molecule has 0 aromatic carbocycles. The highest BCUT2D eigenvalue weighted by molar-refractivity contribution is 7.47. The number of esters is 2. The first-order valence-corrected chi connectivity index (χ1v) is 24.6. The molecule has 1 rings (SSSR count). The van der Waals surface area contributed by atoms with Crippen molar-refractivity contribution in [1.82, 2.24) is 0 Å². The van der Waals surface area contributed by atoms with Gasteiger partial charge in [0.05, 0.1) is 6.61 Å². The topological polar surface area (TPSA) is 210 Å². The maximum Gasteiger partial charge on any atom is 0.472 e. The monoisotopic (exact) mass is 885 g/mol. The van der Waals surface area contributed by atoms with Gasteiger partial charge in [-0.3, -0.25) is 18.6 Å². The molecule has 1 fully saturated rings. The van der Waals surface area contributed by atoms with Gasteiger partial charge in [0, 0.05) is 12.8 Å². The molecule has 8 atom stereocenters. The molecule has 0 saturated heterocycles. The zero-order valence-corrected chi connectivity index (χ0v) is 38.1. The second-order valence-electron chi connectivity index (χ2n) is 15.9. The van der Waals surface area contributed by atoms with Crippen LogP contribution < -0.4 is 0 Å². The number of hydrogen-bond acceptors (Lipinski definition) is 12. The van der Waals surface area contributed by atoms with Crippen LogP contribution in [0.5, 0.6) is 0 Å². The van der Waals surface area contributed by atoms with Gasteiger partial charge in [0.2, 0.25) is 0 Å². The van der Waals surface area contributed by atoms with Gasteiger partial charge in [-0.25, -0.2) is 4.57 Å². The van der Waals surface area contributed by atoms with E-state index in [1.807, 2.05) is 12.2 Å². The number of unbranched alkanes of at least 4 members (excludes halogenated alkanes) is 15. The Morgan fingerprint density at radius 3 is 1.43 bits per heavy atom. The fourth-order valence-corrected chi connectivity index (χ4v) is 7.54. The van der Waals surface area contributed by atoms with Crippen molar-refractivity contribution in [1.29, 1.82) is 0 Å². The van der Waals surface area contributed by atoms with E-state index in [1.54, 1.807) is 0 Å². The predicted molar refractivity (Wildman–Crippen MR) is 239 cm³/mol. The number of phosphoric ester groups is 1. The first-order chi connectivity index (χ1) is 29.4. The van der Waals surface area contributed by atoms with Crippen molar-refractivity contribution in [2.75, 3.05) is 13.2 Å². The Hall–Kier alpha value is -2.45. The number of ether oxygens (including phenoxy) is 2. The van der Waals surface area contributed by atoms with Crippen molar-refractivity contribution >= 4 is 19.8 Å². The van der Waals surface area contributed by atoms with Crippen LogP contribution in [0.15, 0.2) is 60.8 Å². The minimum atomic E-state index is -5.13. The lowest BCUT2D eigenvalue weighted by Gasteiger charge is -2.41. The van der Waals surface area contributed by atoms with Gasteiger partial charge < -0.3 is 39.9 Å². The van der Waals surface area contributed by atoms with Gasteiger partial charge in [-0.15, -0.1) is 0 Å². The molecule has 14 heteroatoms. The number of carbonyl (C=O) groups is 2. The summed E-state index contributed by atoms with van der Waals surface area (Å²) in [4.78, 5) is 35.7. The van der Waals surface area contributed by atoms with Crippen molar-refractivity contribution < 1.29 is 63.1 Å². The molecule has 6 unspecified atom stereocenters. The van der Waals surface area contributed by atoms with Crippen molar-refractivity contribution in [2.24, 2.45) is 0 Å². The van der Waals surface area contributed by atoms with Crippen LogP contribution in [-0.4, -0.2) is 98.3 Å². The first-order valence-electron chi connectivity index (χ1n) is 23.1. The fourth-order valence-electron chi connectivity index (χ4n) is 6.57. The molecule has 1 aliphatic rings. The number of aliphatic hydroxyl groups excluding tert-OH is 5. The van der Waals surface area contributed by atoms with E-state index in [2.05, 4.69) is 62.5 Å². The number of carbonyl (C=O) groups excluding carboxylic acids is 2. The zero-order valence-electron chi connectivity index (χ0n) is 37.2. The molecule has 0 heterocycles. The van der Waals surface area contributed by atoms with Gasteiger partial charge in [-0.05, 0) is 77.0 Å². The molecule has 0 amide bonds.